The van der Waals surface area contributed by atoms with E-state index in [1.807, 2.05) is 58.0 Å². The van der Waals surface area contributed by atoms with E-state index < -0.39 is 0 Å². The van der Waals surface area contributed by atoms with Crippen LogP contribution in [-0.4, -0.2) is 65.2 Å². The Balaban J connectivity index is 0.000000460. The second-order valence-corrected chi connectivity index (χ2v) is 16.8. The van der Waals surface area contributed by atoms with E-state index in [4.69, 9.17) is 91.7 Å². The molecule has 2 atom stereocenters. The van der Waals surface area contributed by atoms with Gasteiger partial charge in [0.25, 0.3) is 0 Å². The first-order valence-corrected chi connectivity index (χ1v) is 21.7. The minimum Gasteiger partial charge on any atom is -0.500 e. The van der Waals surface area contributed by atoms with Crippen molar-refractivity contribution in [1.29, 1.82) is 10.5 Å². The highest BCUT2D eigenvalue weighted by Crippen LogP contribution is 2.37. The molecule has 354 valence electrons. The minimum absolute atomic E-state index is 0.0160. The van der Waals surface area contributed by atoms with E-state index in [9.17, 15) is 0 Å². The third-order valence-electron chi connectivity index (χ3n) is 8.87. The fourth-order valence-corrected chi connectivity index (χ4v) is 5.79. The molecule has 0 bridgehead atoms. The number of hydrogen-bond acceptors (Lipinski definition) is 13. The van der Waals surface area contributed by atoms with Crippen molar-refractivity contribution in [3.63, 3.8) is 0 Å². The maximum Gasteiger partial charge on any atom is 0.238 e. The molecule has 0 saturated carbocycles. The summed E-state index contributed by atoms with van der Waals surface area (Å²) in [5, 5.41) is 39.7. The predicted octanol–water partition coefficient (Wildman–Crippen LogP) is 10.2. The predicted molar refractivity (Wildman–Crippen MR) is 262 cm³/mol. The van der Waals surface area contributed by atoms with E-state index in [0.29, 0.717) is 49.9 Å². The summed E-state index contributed by atoms with van der Waals surface area (Å²) in [5.74, 6) is 3.87. The van der Waals surface area contributed by atoms with E-state index >= 15 is 0 Å². The molecule has 65 heavy (non-hydrogen) atoms. The first-order valence-electron chi connectivity index (χ1n) is 20.6. The molecule has 4 rings (SSSR count). The zero-order chi connectivity index (χ0) is 49.6. The smallest absolute Gasteiger partial charge is 0.238 e. The van der Waals surface area contributed by atoms with Crippen LogP contribution < -0.4 is 36.7 Å². The van der Waals surface area contributed by atoms with E-state index in [0.717, 1.165) is 33.4 Å². The molecule has 0 aliphatic carbocycles. The number of nitrogens with zero attached hydrogens (tertiary/aromatic N) is 5. The van der Waals surface area contributed by atoms with Crippen LogP contribution in [0.5, 0.6) is 23.0 Å². The summed E-state index contributed by atoms with van der Waals surface area (Å²) < 4.78 is 21.6. The van der Waals surface area contributed by atoms with Crippen molar-refractivity contribution in [2.24, 2.45) is 16.5 Å². The van der Waals surface area contributed by atoms with Crippen molar-refractivity contribution in [3.05, 3.63) is 103 Å². The number of nitrogen functional groups attached to an aromatic ring is 1. The number of hydrogen-bond donors (Lipinski definition) is 6. The number of allylic oxidation sites excluding steroid dienone is 1. The summed E-state index contributed by atoms with van der Waals surface area (Å²) in [5.41, 5.74) is 22.1. The number of nitriles is 2. The number of aliphatic imine (C=N–C) groups is 1. The van der Waals surface area contributed by atoms with Gasteiger partial charge in [-0.15, -0.1) is 0 Å². The second kappa shape index (κ2) is 29.0. The Hall–Kier alpha value is -5.68. The number of aliphatic hydroxyl groups excluding tert-OH is 2. The van der Waals surface area contributed by atoms with Gasteiger partial charge in [-0.3, -0.25) is 0 Å². The number of ether oxygens (including phenoxy) is 4. The lowest BCUT2D eigenvalue weighted by molar-refractivity contribution is 0.274. The zero-order valence-electron chi connectivity index (χ0n) is 39.3. The number of rotatable bonds is 15. The summed E-state index contributed by atoms with van der Waals surface area (Å²) in [6, 6.07) is 14.8. The number of nitrogens with two attached hydrogens (primary N) is 3. The van der Waals surface area contributed by atoms with Gasteiger partial charge in [-0.2, -0.15) is 15.5 Å². The van der Waals surface area contributed by atoms with Crippen LogP contribution in [-0.2, 0) is 4.74 Å². The molecule has 0 amide bonds. The van der Waals surface area contributed by atoms with E-state index in [1.54, 1.807) is 25.1 Å². The maximum absolute atomic E-state index is 9.06. The SMILES string of the molecule is CO/C=C(\C#N)Oc1cc(Cl)c(C)cc1C(C)C.C[C@H](CO)N=C(N)N.Cc1cc(C(C)C)c(OCC#N)cc1Cl.Cc1cc(C(C)C)c(Oc2cnc(N[C@H](C)CO)nc2N)cc1Cl. The van der Waals surface area contributed by atoms with Crippen molar-refractivity contribution in [2.75, 3.05) is 38.0 Å². The van der Waals surface area contributed by atoms with Gasteiger partial charge < -0.3 is 51.7 Å². The average Bonchev–Trinajstić information content (AvgIpc) is 3.24. The van der Waals surface area contributed by atoms with E-state index in [2.05, 4.69) is 61.8 Å². The van der Waals surface area contributed by atoms with Gasteiger partial charge in [-0.25, -0.2) is 9.98 Å². The van der Waals surface area contributed by atoms with Crippen molar-refractivity contribution in [2.45, 2.75) is 106 Å². The normalized spacial score (nSPS) is 11.6. The molecule has 18 heteroatoms. The molecular weight excluding hydrogens is 893 g/mol. The first-order chi connectivity index (χ1) is 30.5. The van der Waals surface area contributed by atoms with Crippen LogP contribution >= 0.6 is 34.8 Å². The molecule has 0 spiro atoms. The summed E-state index contributed by atoms with van der Waals surface area (Å²) >= 11 is 18.3. The maximum atomic E-state index is 9.06. The van der Waals surface area contributed by atoms with Gasteiger partial charge in [0.15, 0.2) is 24.1 Å². The van der Waals surface area contributed by atoms with E-state index in [-0.39, 0.29) is 61.3 Å². The molecule has 0 radical (unpaired) electrons. The molecule has 0 unspecified atom stereocenters. The Morgan fingerprint density at radius 2 is 1.25 bits per heavy atom. The van der Waals surface area contributed by atoms with Crippen molar-refractivity contribution in [3.8, 4) is 35.1 Å². The standard InChI is InChI=1S/C17H23ClN4O2.C14H16ClNO2.C12H14ClNO.C4H11N3O/c1-9(2)12-5-10(3)13(18)6-14(12)24-15-7-20-17(22-16(15)19)21-11(4)8-23;1-9(2)12-5-10(3)13(15)6-14(12)18-11(7-16)8-17-4;1-8(2)10-6-9(3)11(13)7-12(10)15-5-4-14;1-3(2-8)7-4(5)6/h5-7,9,11,23H,8H2,1-4H3,(H3,19,20,21,22);5-6,8-9H,1-4H3;6-8H,5H2,1-3H3;3,8H,2H2,1H3,(H4,5,6,7)/b;11-8+;;/t11-;;;3-/m1..1/s1. The highest BCUT2D eigenvalue weighted by molar-refractivity contribution is 6.32. The lowest BCUT2D eigenvalue weighted by atomic mass is 10.00. The van der Waals surface area contributed by atoms with Crippen LogP contribution in [0.2, 0.25) is 15.1 Å². The van der Waals surface area contributed by atoms with Crippen molar-refractivity contribution < 1.29 is 29.2 Å². The number of nitrogens with one attached hydrogen (secondary N) is 1. The highest BCUT2D eigenvalue weighted by Gasteiger charge is 2.16. The van der Waals surface area contributed by atoms with Gasteiger partial charge in [0, 0.05) is 21.1 Å². The van der Waals surface area contributed by atoms with Crippen molar-refractivity contribution >= 4 is 52.5 Å². The van der Waals surface area contributed by atoms with Crippen LogP contribution in [0.15, 0.2) is 59.6 Å². The third-order valence-corrected chi connectivity index (χ3v) is 10.1. The van der Waals surface area contributed by atoms with Crippen LogP contribution in [0.4, 0.5) is 11.8 Å². The van der Waals surface area contributed by atoms with Crippen molar-refractivity contribution in [1.82, 2.24) is 9.97 Å². The number of aromatic nitrogens is 2. The molecule has 4 aromatic rings. The van der Waals surface area contributed by atoms with Crippen LogP contribution in [0, 0.1) is 43.4 Å². The minimum atomic E-state index is -0.181. The molecule has 9 N–H and O–H groups in total. The summed E-state index contributed by atoms with van der Waals surface area (Å²) in [7, 11) is 1.46. The molecular formula is C47H64Cl3N9O6. The Kier molecular flexibility index (Phi) is 25.6. The number of aryl methyl sites for hydroxylation is 3. The molecule has 0 fully saturated rings. The fourth-order valence-electron chi connectivity index (χ4n) is 5.33. The molecule has 0 saturated heterocycles. The Bertz CT molecular complexity index is 2290. The van der Waals surface area contributed by atoms with Gasteiger partial charge in [0.05, 0.1) is 32.6 Å². The topological polar surface area (TPSA) is 253 Å². The average molecular weight is 957 g/mol. The largest absolute Gasteiger partial charge is 0.500 e. The molecule has 3 aromatic carbocycles. The number of halogens is 3. The number of aliphatic hydroxyl groups is 2. The Morgan fingerprint density at radius 3 is 1.65 bits per heavy atom. The molecule has 1 heterocycles. The molecule has 0 aliphatic heterocycles. The lowest BCUT2D eigenvalue weighted by Gasteiger charge is -2.17. The number of benzene rings is 3. The van der Waals surface area contributed by atoms with E-state index in [1.165, 1.54) is 19.6 Å². The van der Waals surface area contributed by atoms with Gasteiger partial charge in [0.1, 0.15) is 35.6 Å². The summed E-state index contributed by atoms with van der Waals surface area (Å²) in [4.78, 5) is 11.9. The first kappa shape index (κ1) is 57.3. The number of guanidine groups is 1. The Morgan fingerprint density at radius 1 is 0.769 bits per heavy atom. The highest BCUT2D eigenvalue weighted by atomic mass is 35.5. The second-order valence-electron chi connectivity index (χ2n) is 15.6. The molecule has 0 aliphatic rings. The molecule has 15 nitrogen and oxygen atoms in total. The Labute approximate surface area is 399 Å². The number of methoxy groups -OCH3 is 1. The fraction of sp³-hybridized carbons (Fsp3) is 0.426. The van der Waals surface area contributed by atoms with Crippen LogP contribution in [0.25, 0.3) is 0 Å². The van der Waals surface area contributed by atoms with Gasteiger partial charge in [-0.05, 0) is 104 Å². The van der Waals surface area contributed by atoms with Gasteiger partial charge in [-0.1, -0.05) is 94.5 Å². The van der Waals surface area contributed by atoms with Crippen LogP contribution in [0.1, 0.15) is 107 Å². The quantitative estimate of drug-likeness (QED) is 0.0281. The summed E-state index contributed by atoms with van der Waals surface area (Å²) in [6.45, 7) is 21.9. The molecule has 1 aromatic heterocycles. The zero-order valence-corrected chi connectivity index (χ0v) is 41.5. The van der Waals surface area contributed by atoms with Gasteiger partial charge in [0.2, 0.25) is 11.7 Å². The number of anilines is 2. The third kappa shape index (κ3) is 19.9. The lowest BCUT2D eigenvalue weighted by Crippen LogP contribution is -2.25. The van der Waals surface area contributed by atoms with Crippen LogP contribution in [0.3, 0.4) is 0 Å². The summed E-state index contributed by atoms with van der Waals surface area (Å²) in [6.07, 6.45) is 2.77. The monoisotopic (exact) mass is 955 g/mol. The van der Waals surface area contributed by atoms with Gasteiger partial charge >= 0.3 is 0 Å².